The van der Waals surface area contributed by atoms with Gasteiger partial charge in [-0.25, -0.2) is 0 Å². The summed E-state index contributed by atoms with van der Waals surface area (Å²) in [4.78, 5) is 9.82. The zero-order valence-corrected chi connectivity index (χ0v) is 6.61. The predicted octanol–water partition coefficient (Wildman–Crippen LogP) is 2.59. The topological polar surface area (TPSA) is 37.3 Å². The van der Waals surface area contributed by atoms with Gasteiger partial charge in [-0.3, -0.25) is 4.79 Å². The minimum atomic E-state index is -5.45. The third-order valence-corrected chi connectivity index (χ3v) is 1.44. The van der Waals surface area contributed by atoms with Gasteiger partial charge in [-0.1, -0.05) is 0 Å². The van der Waals surface area contributed by atoms with Crippen molar-refractivity contribution in [2.75, 3.05) is 0 Å². The van der Waals surface area contributed by atoms with Gasteiger partial charge >= 0.3 is 18.3 Å². The van der Waals surface area contributed by atoms with Gasteiger partial charge in [0.05, 0.1) is 0 Å². The van der Waals surface area contributed by atoms with Crippen LogP contribution in [0.25, 0.3) is 0 Å². The minimum Gasteiger partial charge on any atom is -0.481 e. The highest BCUT2D eigenvalue weighted by molar-refractivity contribution is 5.66. The molecule has 0 amide bonds. The van der Waals surface area contributed by atoms with Crippen molar-refractivity contribution >= 4 is 5.97 Å². The van der Waals surface area contributed by atoms with Crippen LogP contribution in [0.4, 0.5) is 26.3 Å². The van der Waals surface area contributed by atoms with Gasteiger partial charge in [-0.05, 0) is 6.42 Å². The molecule has 0 aliphatic rings. The number of rotatable bonds is 3. The van der Waals surface area contributed by atoms with E-state index < -0.39 is 37.1 Å². The van der Waals surface area contributed by atoms with E-state index in [9.17, 15) is 31.1 Å². The van der Waals surface area contributed by atoms with E-state index in [1.807, 2.05) is 0 Å². The highest BCUT2D eigenvalue weighted by atomic mass is 19.4. The Morgan fingerprint density at radius 1 is 1.07 bits per heavy atom. The van der Waals surface area contributed by atoms with Gasteiger partial charge < -0.3 is 5.11 Å². The second kappa shape index (κ2) is 4.05. The molecule has 0 aliphatic heterocycles. The molecular weight excluding hydrogens is 218 g/mol. The van der Waals surface area contributed by atoms with Crippen LogP contribution in [0.2, 0.25) is 0 Å². The number of halogens is 6. The molecule has 1 N–H and O–H groups in total. The van der Waals surface area contributed by atoms with Crippen molar-refractivity contribution in [3.8, 4) is 0 Å². The number of carboxylic acid groups (broad SMARTS) is 1. The first-order chi connectivity index (χ1) is 6.05. The second-order valence-corrected chi connectivity index (χ2v) is 2.57. The quantitative estimate of drug-likeness (QED) is 0.748. The molecule has 0 atom stereocenters. The Balaban J connectivity index is 4.51. The summed E-state index contributed by atoms with van der Waals surface area (Å²) >= 11 is 0. The van der Waals surface area contributed by atoms with Gasteiger partial charge in [0, 0.05) is 6.42 Å². The number of hydrogen-bond donors (Lipinski definition) is 1. The standard InChI is InChI=1S/C6H6F6O2/c7-5(8,9)3(6(10,11)12)1-2-4(13)14/h3H,1-2H2,(H,13,14). The van der Waals surface area contributed by atoms with Crippen molar-refractivity contribution in [3.63, 3.8) is 0 Å². The van der Waals surface area contributed by atoms with E-state index in [1.165, 1.54) is 0 Å². The van der Waals surface area contributed by atoms with Crippen molar-refractivity contribution < 1.29 is 36.2 Å². The number of hydrogen-bond acceptors (Lipinski definition) is 1. The third-order valence-electron chi connectivity index (χ3n) is 1.44. The molecule has 0 aliphatic carbocycles. The molecule has 0 aromatic carbocycles. The molecule has 0 heterocycles. The smallest absolute Gasteiger partial charge is 0.400 e. The molecule has 14 heavy (non-hydrogen) atoms. The van der Waals surface area contributed by atoms with Crippen LogP contribution in [0.5, 0.6) is 0 Å². The summed E-state index contributed by atoms with van der Waals surface area (Å²) < 4.78 is 70.5. The van der Waals surface area contributed by atoms with Crippen LogP contribution < -0.4 is 0 Å². The summed E-state index contributed by atoms with van der Waals surface area (Å²) in [6.07, 6.45) is -13.5. The summed E-state index contributed by atoms with van der Waals surface area (Å²) in [5.41, 5.74) is 0. The Morgan fingerprint density at radius 2 is 1.43 bits per heavy atom. The van der Waals surface area contributed by atoms with Gasteiger partial charge in [-0.15, -0.1) is 0 Å². The van der Waals surface area contributed by atoms with Crippen LogP contribution in [0.1, 0.15) is 12.8 Å². The number of carboxylic acids is 1. The molecule has 0 unspecified atom stereocenters. The van der Waals surface area contributed by atoms with Gasteiger partial charge in [0.15, 0.2) is 5.92 Å². The average Bonchev–Trinajstić information content (AvgIpc) is 1.78. The Hall–Kier alpha value is -0.950. The van der Waals surface area contributed by atoms with Gasteiger partial charge in [0.2, 0.25) is 0 Å². The number of aliphatic carboxylic acids is 1. The highest BCUT2D eigenvalue weighted by Gasteiger charge is 2.56. The molecule has 0 saturated heterocycles. The SMILES string of the molecule is O=C(O)CCC(C(F)(F)F)C(F)(F)F. The predicted molar refractivity (Wildman–Crippen MR) is 32.5 cm³/mol. The van der Waals surface area contributed by atoms with Crippen molar-refractivity contribution in [1.29, 1.82) is 0 Å². The fourth-order valence-corrected chi connectivity index (χ4v) is 0.781. The molecule has 0 bridgehead atoms. The average molecular weight is 224 g/mol. The maximum Gasteiger partial charge on any atom is 0.400 e. The van der Waals surface area contributed by atoms with Crippen LogP contribution in [0.3, 0.4) is 0 Å². The molecule has 0 saturated carbocycles. The molecule has 84 valence electrons. The maximum absolute atomic E-state index is 11.8. The van der Waals surface area contributed by atoms with E-state index in [2.05, 4.69) is 0 Å². The molecular formula is C6H6F6O2. The van der Waals surface area contributed by atoms with Crippen LogP contribution in [0, 0.1) is 5.92 Å². The first kappa shape index (κ1) is 13.0. The molecule has 0 aromatic rings. The summed E-state index contributed by atoms with van der Waals surface area (Å²) in [5, 5.41) is 7.96. The Labute approximate surface area is 74.5 Å². The molecule has 2 nitrogen and oxygen atoms in total. The first-order valence-corrected chi connectivity index (χ1v) is 3.40. The van der Waals surface area contributed by atoms with Gasteiger partial charge in [0.25, 0.3) is 0 Å². The fraction of sp³-hybridized carbons (Fsp3) is 0.833. The maximum atomic E-state index is 11.8. The first-order valence-electron chi connectivity index (χ1n) is 3.40. The molecule has 8 heteroatoms. The van der Waals surface area contributed by atoms with E-state index in [1.54, 1.807) is 0 Å². The Bertz CT molecular complexity index is 191. The van der Waals surface area contributed by atoms with Crippen LogP contribution in [0.15, 0.2) is 0 Å². The van der Waals surface area contributed by atoms with Crippen molar-refractivity contribution in [2.45, 2.75) is 25.2 Å². The molecule has 0 radical (unpaired) electrons. The molecule has 0 fully saturated rings. The largest absolute Gasteiger partial charge is 0.481 e. The Kier molecular flexibility index (Phi) is 3.78. The lowest BCUT2D eigenvalue weighted by Gasteiger charge is -2.21. The third kappa shape index (κ3) is 4.33. The van der Waals surface area contributed by atoms with Crippen LogP contribution in [-0.2, 0) is 4.79 Å². The van der Waals surface area contributed by atoms with E-state index in [4.69, 9.17) is 5.11 Å². The zero-order valence-electron chi connectivity index (χ0n) is 6.61. The minimum absolute atomic E-state index is 1.16. The van der Waals surface area contributed by atoms with Crippen molar-refractivity contribution in [3.05, 3.63) is 0 Å². The number of carbonyl (C=O) groups is 1. The monoisotopic (exact) mass is 224 g/mol. The van der Waals surface area contributed by atoms with Crippen LogP contribution >= 0.6 is 0 Å². The lowest BCUT2D eigenvalue weighted by Crippen LogP contribution is -2.36. The lowest BCUT2D eigenvalue weighted by atomic mass is 10.0. The molecule has 0 aromatic heterocycles. The fourth-order valence-electron chi connectivity index (χ4n) is 0.781. The van der Waals surface area contributed by atoms with Gasteiger partial charge in [-0.2, -0.15) is 26.3 Å². The Morgan fingerprint density at radius 3 is 1.64 bits per heavy atom. The summed E-state index contributed by atoms with van der Waals surface area (Å²) in [7, 11) is 0. The normalized spacial score (nSPS) is 13.4. The zero-order chi connectivity index (χ0) is 11.6. The second-order valence-electron chi connectivity index (χ2n) is 2.57. The highest BCUT2D eigenvalue weighted by Crippen LogP contribution is 2.41. The van der Waals surface area contributed by atoms with E-state index in [0.29, 0.717) is 0 Å². The van der Waals surface area contributed by atoms with Crippen molar-refractivity contribution in [1.82, 2.24) is 0 Å². The molecule has 0 spiro atoms. The summed E-state index contributed by atoms with van der Waals surface area (Å²) in [5.74, 6) is -5.26. The lowest BCUT2D eigenvalue weighted by molar-refractivity contribution is -0.285. The van der Waals surface area contributed by atoms with Crippen LogP contribution in [-0.4, -0.2) is 23.4 Å². The molecule has 0 rings (SSSR count). The van der Waals surface area contributed by atoms with Gasteiger partial charge in [0.1, 0.15) is 0 Å². The van der Waals surface area contributed by atoms with E-state index in [0.717, 1.165) is 0 Å². The summed E-state index contributed by atoms with van der Waals surface area (Å²) in [6.45, 7) is 0. The van der Waals surface area contributed by atoms with E-state index >= 15 is 0 Å². The van der Waals surface area contributed by atoms with Crippen molar-refractivity contribution in [2.24, 2.45) is 5.92 Å². The van der Waals surface area contributed by atoms with E-state index in [-0.39, 0.29) is 0 Å². The summed E-state index contributed by atoms with van der Waals surface area (Å²) in [6, 6.07) is 0. The number of alkyl halides is 6.